The van der Waals surface area contributed by atoms with Crippen LogP contribution in [0.2, 0.25) is 0 Å². The average Bonchev–Trinajstić information content (AvgIpc) is 3.29. The van der Waals surface area contributed by atoms with Gasteiger partial charge in [-0.05, 0) is 43.7 Å². The van der Waals surface area contributed by atoms with Crippen molar-refractivity contribution >= 4 is 5.91 Å². The molecule has 0 bridgehead atoms. The van der Waals surface area contributed by atoms with Gasteiger partial charge in [0.15, 0.2) is 0 Å². The third-order valence-corrected chi connectivity index (χ3v) is 5.18. The molecule has 2 fully saturated rings. The van der Waals surface area contributed by atoms with E-state index in [1.165, 1.54) is 5.56 Å². The van der Waals surface area contributed by atoms with Crippen LogP contribution in [0.4, 0.5) is 0 Å². The molecule has 1 aliphatic carbocycles. The van der Waals surface area contributed by atoms with Gasteiger partial charge >= 0.3 is 0 Å². The van der Waals surface area contributed by atoms with Crippen LogP contribution in [-0.4, -0.2) is 38.4 Å². The van der Waals surface area contributed by atoms with Crippen molar-refractivity contribution in [1.29, 1.82) is 0 Å². The van der Waals surface area contributed by atoms with Gasteiger partial charge in [-0.2, -0.15) is 0 Å². The number of amides is 1. The number of imidazole rings is 1. The van der Waals surface area contributed by atoms with Gasteiger partial charge in [0.25, 0.3) is 0 Å². The fraction of sp³-hybridized carbons (Fsp3) is 0.500. The highest BCUT2D eigenvalue weighted by Gasteiger charge is 2.46. The lowest BCUT2D eigenvalue weighted by atomic mass is 10.0. The Labute approximate surface area is 136 Å². The average molecular weight is 310 g/mol. The smallest absolute Gasteiger partial charge is 0.226 e. The highest BCUT2D eigenvalue weighted by Crippen LogP contribution is 2.48. The second-order valence-corrected chi connectivity index (χ2v) is 6.70. The summed E-state index contributed by atoms with van der Waals surface area (Å²) in [6.07, 6.45) is 10.7. The first-order valence-corrected chi connectivity index (χ1v) is 8.42. The number of aryl methyl sites for hydroxylation is 1. The third-order valence-electron chi connectivity index (χ3n) is 5.18. The van der Waals surface area contributed by atoms with E-state index in [-0.39, 0.29) is 5.92 Å². The minimum absolute atomic E-state index is 0.154. The number of nitrogens with zero attached hydrogens (tertiary/aromatic N) is 4. The summed E-state index contributed by atoms with van der Waals surface area (Å²) in [5.74, 6) is 1.87. The summed E-state index contributed by atoms with van der Waals surface area (Å²) in [5, 5.41) is 0. The van der Waals surface area contributed by atoms with Crippen molar-refractivity contribution < 1.29 is 4.79 Å². The number of pyridine rings is 1. The molecule has 3 atom stereocenters. The predicted octanol–water partition coefficient (Wildman–Crippen LogP) is 2.55. The topological polar surface area (TPSA) is 51.0 Å². The van der Waals surface area contributed by atoms with Gasteiger partial charge < -0.3 is 9.47 Å². The van der Waals surface area contributed by atoms with Crippen molar-refractivity contribution in [2.24, 2.45) is 5.92 Å². The van der Waals surface area contributed by atoms with Crippen LogP contribution in [0, 0.1) is 12.8 Å². The van der Waals surface area contributed by atoms with E-state index in [2.05, 4.69) is 25.5 Å². The number of rotatable bonds is 3. The Morgan fingerprint density at radius 1 is 1.35 bits per heavy atom. The molecular weight excluding hydrogens is 288 g/mol. The summed E-state index contributed by atoms with van der Waals surface area (Å²) in [6, 6.07) is 4.40. The SMILES string of the molecule is Cc1nccn1[C@@H]1CCCN(C(=O)[C@H]2C[C@@H]2c2cccnc2)C1. The van der Waals surface area contributed by atoms with Gasteiger partial charge in [0.1, 0.15) is 5.82 Å². The minimum Gasteiger partial charge on any atom is -0.340 e. The monoisotopic (exact) mass is 310 g/mol. The van der Waals surface area contributed by atoms with Gasteiger partial charge in [-0.1, -0.05) is 6.07 Å². The van der Waals surface area contributed by atoms with Crippen molar-refractivity contribution in [1.82, 2.24) is 19.4 Å². The van der Waals surface area contributed by atoms with E-state index >= 15 is 0 Å². The van der Waals surface area contributed by atoms with E-state index < -0.39 is 0 Å². The number of hydrogen-bond acceptors (Lipinski definition) is 3. The highest BCUT2D eigenvalue weighted by atomic mass is 16.2. The number of carbonyl (C=O) groups is 1. The van der Waals surface area contributed by atoms with Crippen molar-refractivity contribution in [3.63, 3.8) is 0 Å². The van der Waals surface area contributed by atoms with Crippen molar-refractivity contribution in [3.8, 4) is 0 Å². The van der Waals surface area contributed by atoms with Crippen molar-refractivity contribution in [2.45, 2.75) is 38.1 Å². The zero-order valence-electron chi connectivity index (χ0n) is 13.4. The Hall–Kier alpha value is -2.17. The Bertz CT molecular complexity index is 696. The number of carbonyl (C=O) groups excluding carboxylic acids is 1. The Morgan fingerprint density at radius 3 is 3.00 bits per heavy atom. The fourth-order valence-electron chi connectivity index (χ4n) is 3.82. The third kappa shape index (κ3) is 2.76. The molecule has 23 heavy (non-hydrogen) atoms. The molecule has 5 heteroatoms. The molecule has 2 aromatic rings. The first-order valence-electron chi connectivity index (χ1n) is 8.42. The molecule has 1 saturated heterocycles. The molecule has 0 unspecified atom stereocenters. The molecule has 2 aromatic heterocycles. The van der Waals surface area contributed by atoms with Crippen LogP contribution >= 0.6 is 0 Å². The molecule has 4 rings (SSSR count). The van der Waals surface area contributed by atoms with Gasteiger partial charge in [-0.25, -0.2) is 4.98 Å². The maximum atomic E-state index is 12.8. The van der Waals surface area contributed by atoms with Gasteiger partial charge in [0.05, 0.1) is 6.04 Å². The number of piperidine rings is 1. The molecule has 1 aliphatic heterocycles. The fourth-order valence-corrected chi connectivity index (χ4v) is 3.82. The molecule has 1 amide bonds. The summed E-state index contributed by atoms with van der Waals surface area (Å²) in [5.41, 5.74) is 1.20. The first-order chi connectivity index (χ1) is 11.2. The molecule has 1 saturated carbocycles. The highest BCUT2D eigenvalue weighted by molar-refractivity contribution is 5.83. The second kappa shape index (κ2) is 5.80. The Kier molecular flexibility index (Phi) is 3.63. The van der Waals surface area contributed by atoms with E-state index in [1.54, 1.807) is 6.20 Å². The van der Waals surface area contributed by atoms with E-state index in [0.717, 1.165) is 38.2 Å². The van der Waals surface area contributed by atoms with Crippen LogP contribution < -0.4 is 0 Å². The normalized spacial score (nSPS) is 27.0. The lowest BCUT2D eigenvalue weighted by Gasteiger charge is -2.34. The van der Waals surface area contributed by atoms with Gasteiger partial charge in [-0.15, -0.1) is 0 Å². The van der Waals surface area contributed by atoms with Crippen LogP contribution in [0.3, 0.4) is 0 Å². The molecule has 5 nitrogen and oxygen atoms in total. The van der Waals surface area contributed by atoms with E-state index in [1.807, 2.05) is 31.6 Å². The molecule has 0 N–H and O–H groups in total. The van der Waals surface area contributed by atoms with Gasteiger partial charge in [0.2, 0.25) is 5.91 Å². The molecular formula is C18H22N4O. The molecule has 0 radical (unpaired) electrons. The molecule has 2 aliphatic rings. The molecule has 3 heterocycles. The summed E-state index contributed by atoms with van der Waals surface area (Å²) >= 11 is 0. The number of hydrogen-bond donors (Lipinski definition) is 0. The summed E-state index contributed by atoms with van der Waals surface area (Å²) in [6.45, 7) is 3.73. The van der Waals surface area contributed by atoms with Gasteiger partial charge in [-0.3, -0.25) is 9.78 Å². The standard InChI is InChI=1S/C18H22N4O/c1-13-20-7-9-22(13)15-5-3-8-21(12-15)18(23)17-10-16(17)14-4-2-6-19-11-14/h2,4,6-7,9,11,15-17H,3,5,8,10,12H2,1H3/t15-,16-,17+/m1/s1. The van der Waals surface area contributed by atoms with Crippen LogP contribution in [0.1, 0.15) is 42.6 Å². The van der Waals surface area contributed by atoms with Crippen molar-refractivity contribution in [2.75, 3.05) is 13.1 Å². The maximum Gasteiger partial charge on any atom is 0.226 e. The van der Waals surface area contributed by atoms with Crippen LogP contribution in [-0.2, 0) is 4.79 Å². The number of aromatic nitrogens is 3. The zero-order valence-corrected chi connectivity index (χ0v) is 13.4. The largest absolute Gasteiger partial charge is 0.340 e. The number of likely N-dealkylation sites (tertiary alicyclic amines) is 1. The van der Waals surface area contributed by atoms with E-state index in [9.17, 15) is 4.79 Å². The van der Waals surface area contributed by atoms with E-state index in [0.29, 0.717) is 17.9 Å². The lowest BCUT2D eigenvalue weighted by molar-refractivity contribution is -0.134. The molecule has 0 spiro atoms. The van der Waals surface area contributed by atoms with Crippen LogP contribution in [0.25, 0.3) is 0 Å². The summed E-state index contributed by atoms with van der Waals surface area (Å²) in [7, 11) is 0. The Morgan fingerprint density at radius 2 is 2.26 bits per heavy atom. The predicted molar refractivity (Wildman–Crippen MR) is 86.9 cm³/mol. The Balaban J connectivity index is 1.42. The van der Waals surface area contributed by atoms with Crippen LogP contribution in [0.15, 0.2) is 36.9 Å². The summed E-state index contributed by atoms with van der Waals surface area (Å²) < 4.78 is 2.21. The van der Waals surface area contributed by atoms with Crippen molar-refractivity contribution in [3.05, 3.63) is 48.3 Å². The molecule has 0 aromatic carbocycles. The lowest BCUT2D eigenvalue weighted by Crippen LogP contribution is -2.41. The maximum absolute atomic E-state index is 12.8. The molecule has 120 valence electrons. The minimum atomic E-state index is 0.154. The first kappa shape index (κ1) is 14.4. The summed E-state index contributed by atoms with van der Waals surface area (Å²) in [4.78, 5) is 23.4. The quantitative estimate of drug-likeness (QED) is 0.875. The second-order valence-electron chi connectivity index (χ2n) is 6.70. The zero-order chi connectivity index (χ0) is 15.8. The van der Waals surface area contributed by atoms with E-state index in [4.69, 9.17) is 0 Å². The van der Waals surface area contributed by atoms with Crippen LogP contribution in [0.5, 0.6) is 0 Å². The van der Waals surface area contributed by atoms with Gasteiger partial charge in [0, 0.05) is 43.8 Å².